The Morgan fingerprint density at radius 1 is 1.32 bits per heavy atom. The maximum absolute atomic E-state index is 12.7. The fourth-order valence-electron chi connectivity index (χ4n) is 3.49. The predicted octanol–water partition coefficient (Wildman–Crippen LogP) is 2.34. The number of piperazine rings is 1. The standard InChI is InChI=1S/C18H26ClN3O2.ClH/c1-13-11-16(3-4-17(13)19)24-14(2)18(23)22-8-5-15(12-22)21-9-6-20-7-10-21;/h3-4,11,14-15,20H,5-10,12H2,1-2H3;1H. The lowest BCUT2D eigenvalue weighted by atomic mass is 10.2. The molecule has 7 heteroatoms. The van der Waals surface area contributed by atoms with Crippen molar-refractivity contribution in [2.24, 2.45) is 0 Å². The Kier molecular flexibility index (Phi) is 7.37. The Balaban J connectivity index is 0.00000225. The lowest BCUT2D eigenvalue weighted by Gasteiger charge is -2.32. The van der Waals surface area contributed by atoms with Crippen molar-refractivity contribution < 1.29 is 9.53 Å². The topological polar surface area (TPSA) is 44.8 Å². The first-order chi connectivity index (χ1) is 11.5. The molecule has 0 aliphatic carbocycles. The molecule has 2 saturated heterocycles. The molecule has 5 nitrogen and oxygen atoms in total. The number of hydrogen-bond donors (Lipinski definition) is 1. The van der Waals surface area contributed by atoms with Gasteiger partial charge in [0.25, 0.3) is 5.91 Å². The van der Waals surface area contributed by atoms with Gasteiger partial charge >= 0.3 is 0 Å². The Bertz CT molecular complexity index is 594. The number of nitrogens with one attached hydrogen (secondary N) is 1. The van der Waals surface area contributed by atoms with Crippen molar-refractivity contribution in [1.82, 2.24) is 15.1 Å². The molecule has 25 heavy (non-hydrogen) atoms. The smallest absolute Gasteiger partial charge is 0.263 e. The average molecular weight is 388 g/mol. The highest BCUT2D eigenvalue weighted by atomic mass is 35.5. The van der Waals surface area contributed by atoms with Crippen LogP contribution >= 0.6 is 24.0 Å². The van der Waals surface area contributed by atoms with Crippen LogP contribution < -0.4 is 10.1 Å². The van der Waals surface area contributed by atoms with Gasteiger partial charge in [-0.1, -0.05) is 11.6 Å². The highest BCUT2D eigenvalue weighted by Gasteiger charge is 2.33. The highest BCUT2D eigenvalue weighted by molar-refractivity contribution is 6.31. The monoisotopic (exact) mass is 387 g/mol. The molecule has 0 radical (unpaired) electrons. The number of rotatable bonds is 4. The lowest BCUT2D eigenvalue weighted by Crippen LogP contribution is -2.50. The van der Waals surface area contributed by atoms with Crippen molar-refractivity contribution in [3.63, 3.8) is 0 Å². The molecule has 0 saturated carbocycles. The van der Waals surface area contributed by atoms with E-state index >= 15 is 0 Å². The molecule has 0 aromatic heterocycles. The fourth-order valence-corrected chi connectivity index (χ4v) is 3.61. The summed E-state index contributed by atoms with van der Waals surface area (Å²) >= 11 is 6.03. The Hall–Kier alpha value is -1.01. The summed E-state index contributed by atoms with van der Waals surface area (Å²) in [5.74, 6) is 0.760. The number of amides is 1. The first-order valence-corrected chi connectivity index (χ1v) is 9.09. The van der Waals surface area contributed by atoms with Crippen LogP contribution in [-0.2, 0) is 4.79 Å². The number of carbonyl (C=O) groups is 1. The van der Waals surface area contributed by atoms with Gasteiger partial charge in [0, 0.05) is 50.3 Å². The molecule has 2 aliphatic heterocycles. The maximum Gasteiger partial charge on any atom is 0.263 e. The summed E-state index contributed by atoms with van der Waals surface area (Å²) in [5.41, 5.74) is 0.953. The van der Waals surface area contributed by atoms with Crippen molar-refractivity contribution in [1.29, 1.82) is 0 Å². The molecule has 0 bridgehead atoms. The molecule has 3 rings (SSSR count). The number of halogens is 2. The normalized spacial score (nSPS) is 22.4. The van der Waals surface area contributed by atoms with Crippen LogP contribution in [0.15, 0.2) is 18.2 Å². The number of aryl methyl sites for hydroxylation is 1. The lowest BCUT2D eigenvalue weighted by molar-refractivity contribution is -0.137. The number of nitrogens with zero attached hydrogens (tertiary/aromatic N) is 2. The van der Waals surface area contributed by atoms with E-state index in [0.29, 0.717) is 16.8 Å². The van der Waals surface area contributed by atoms with E-state index in [1.807, 2.05) is 30.9 Å². The Labute approximate surface area is 161 Å². The molecule has 2 atom stereocenters. The zero-order valence-corrected chi connectivity index (χ0v) is 16.4. The molecule has 140 valence electrons. The van der Waals surface area contributed by atoms with E-state index in [4.69, 9.17) is 16.3 Å². The molecule has 1 amide bonds. The molecule has 1 aromatic carbocycles. The van der Waals surface area contributed by atoms with E-state index in [2.05, 4.69) is 10.2 Å². The summed E-state index contributed by atoms with van der Waals surface area (Å²) in [6, 6.07) is 5.98. The van der Waals surface area contributed by atoms with E-state index < -0.39 is 6.10 Å². The van der Waals surface area contributed by atoms with Gasteiger partial charge in [-0.15, -0.1) is 12.4 Å². The van der Waals surface area contributed by atoms with Gasteiger partial charge in [-0.2, -0.15) is 0 Å². The second kappa shape index (κ2) is 9.08. The second-order valence-corrected chi connectivity index (χ2v) is 7.09. The number of benzene rings is 1. The molecule has 1 aromatic rings. The summed E-state index contributed by atoms with van der Waals surface area (Å²) in [6.07, 6.45) is 0.575. The Morgan fingerprint density at radius 2 is 2.04 bits per heavy atom. The van der Waals surface area contributed by atoms with Gasteiger partial charge in [-0.25, -0.2) is 0 Å². The van der Waals surface area contributed by atoms with Gasteiger partial charge in [-0.3, -0.25) is 9.69 Å². The molecule has 2 heterocycles. The largest absolute Gasteiger partial charge is 0.481 e. The molecule has 2 aliphatic rings. The number of ether oxygens (including phenoxy) is 1. The van der Waals surface area contributed by atoms with Crippen molar-refractivity contribution in [3.05, 3.63) is 28.8 Å². The van der Waals surface area contributed by atoms with Gasteiger partial charge in [0.2, 0.25) is 0 Å². The molecule has 0 spiro atoms. The quantitative estimate of drug-likeness (QED) is 0.860. The van der Waals surface area contributed by atoms with Crippen LogP contribution in [0.2, 0.25) is 5.02 Å². The average Bonchev–Trinajstić information content (AvgIpc) is 3.08. The fraction of sp³-hybridized carbons (Fsp3) is 0.611. The van der Waals surface area contributed by atoms with Gasteiger partial charge in [0.1, 0.15) is 5.75 Å². The van der Waals surface area contributed by atoms with Crippen LogP contribution in [0.3, 0.4) is 0 Å². The van der Waals surface area contributed by atoms with E-state index in [-0.39, 0.29) is 18.3 Å². The minimum Gasteiger partial charge on any atom is -0.481 e. The zero-order valence-electron chi connectivity index (χ0n) is 14.8. The van der Waals surface area contributed by atoms with Crippen molar-refractivity contribution in [2.75, 3.05) is 39.3 Å². The summed E-state index contributed by atoms with van der Waals surface area (Å²) in [7, 11) is 0. The van der Waals surface area contributed by atoms with Crippen LogP contribution in [0.5, 0.6) is 5.75 Å². The summed E-state index contributed by atoms with van der Waals surface area (Å²) < 4.78 is 5.83. The molecular weight excluding hydrogens is 361 g/mol. The second-order valence-electron chi connectivity index (χ2n) is 6.68. The summed E-state index contributed by atoms with van der Waals surface area (Å²) in [5, 5.41) is 4.08. The maximum atomic E-state index is 12.7. The molecular formula is C18H27Cl2N3O2. The third-order valence-corrected chi connectivity index (χ3v) is 5.36. The van der Waals surface area contributed by atoms with Gasteiger partial charge in [0.05, 0.1) is 0 Å². The van der Waals surface area contributed by atoms with Gasteiger partial charge in [-0.05, 0) is 44.0 Å². The molecule has 2 unspecified atom stereocenters. The van der Waals surface area contributed by atoms with Gasteiger partial charge < -0.3 is 15.0 Å². The molecule has 1 N–H and O–H groups in total. The van der Waals surface area contributed by atoms with Crippen LogP contribution in [0.25, 0.3) is 0 Å². The minimum absolute atomic E-state index is 0. The van der Waals surface area contributed by atoms with Crippen LogP contribution in [0, 0.1) is 6.92 Å². The van der Waals surface area contributed by atoms with E-state index in [9.17, 15) is 4.79 Å². The Morgan fingerprint density at radius 3 is 2.72 bits per heavy atom. The van der Waals surface area contributed by atoms with E-state index in [1.54, 1.807) is 6.07 Å². The van der Waals surface area contributed by atoms with Crippen LogP contribution in [-0.4, -0.2) is 67.1 Å². The summed E-state index contributed by atoms with van der Waals surface area (Å²) in [4.78, 5) is 17.1. The van der Waals surface area contributed by atoms with Crippen molar-refractivity contribution in [3.8, 4) is 5.75 Å². The first kappa shape index (κ1) is 20.3. The first-order valence-electron chi connectivity index (χ1n) is 8.71. The number of carbonyl (C=O) groups excluding carboxylic acids is 1. The van der Waals surface area contributed by atoms with Crippen LogP contribution in [0.4, 0.5) is 0 Å². The SMILES string of the molecule is Cc1cc(OC(C)C(=O)N2CCC(N3CCNCC3)C2)ccc1Cl.Cl. The van der Waals surface area contributed by atoms with Crippen LogP contribution in [0.1, 0.15) is 18.9 Å². The van der Waals surface area contributed by atoms with Crippen molar-refractivity contribution in [2.45, 2.75) is 32.4 Å². The predicted molar refractivity (Wildman–Crippen MR) is 103 cm³/mol. The minimum atomic E-state index is -0.479. The number of likely N-dealkylation sites (tertiary alicyclic amines) is 1. The zero-order chi connectivity index (χ0) is 17.1. The third-order valence-electron chi connectivity index (χ3n) is 4.93. The third kappa shape index (κ3) is 5.00. The van der Waals surface area contributed by atoms with E-state index in [0.717, 1.165) is 51.3 Å². The van der Waals surface area contributed by atoms with E-state index in [1.165, 1.54) is 0 Å². The van der Waals surface area contributed by atoms with Crippen molar-refractivity contribution >= 4 is 29.9 Å². The number of hydrogen-bond acceptors (Lipinski definition) is 4. The molecule has 2 fully saturated rings. The van der Waals surface area contributed by atoms with Gasteiger partial charge in [0.15, 0.2) is 6.10 Å². The summed E-state index contributed by atoms with van der Waals surface area (Å²) in [6.45, 7) is 9.61. The highest BCUT2D eigenvalue weighted by Crippen LogP contribution is 2.23.